The summed E-state index contributed by atoms with van der Waals surface area (Å²) in [5.41, 5.74) is 1.58. The summed E-state index contributed by atoms with van der Waals surface area (Å²) in [7, 11) is 0. The Morgan fingerprint density at radius 1 is 1.11 bits per heavy atom. The van der Waals surface area contributed by atoms with Crippen LogP contribution in [0.5, 0.6) is 0 Å². The van der Waals surface area contributed by atoms with Gasteiger partial charge < -0.3 is 4.42 Å². The molecule has 3 rings (SSSR count). The topological polar surface area (TPSA) is 30.2 Å². The van der Waals surface area contributed by atoms with Gasteiger partial charge >= 0.3 is 0 Å². The summed E-state index contributed by atoms with van der Waals surface area (Å²) in [6, 6.07) is 11.2. The second-order valence-electron chi connectivity index (χ2n) is 4.15. The molecule has 2 heteroatoms. The zero-order valence-electron chi connectivity index (χ0n) is 9.80. The van der Waals surface area contributed by atoms with Crippen LogP contribution in [0.25, 0.3) is 23.5 Å². The molecule has 1 aliphatic rings. The van der Waals surface area contributed by atoms with Crippen molar-refractivity contribution in [1.82, 2.24) is 0 Å². The Morgan fingerprint density at radius 3 is 2.78 bits per heavy atom. The van der Waals surface area contributed by atoms with Crippen LogP contribution < -0.4 is 16.1 Å². The van der Waals surface area contributed by atoms with Gasteiger partial charge in [-0.1, -0.05) is 42.5 Å². The van der Waals surface area contributed by atoms with Gasteiger partial charge in [0.25, 0.3) is 0 Å². The second kappa shape index (κ2) is 4.49. The Hall–Kier alpha value is -2.35. The highest BCUT2D eigenvalue weighted by Gasteiger charge is 2.03. The molecule has 1 heterocycles. The highest BCUT2D eigenvalue weighted by atomic mass is 16.3. The van der Waals surface area contributed by atoms with E-state index in [1.807, 2.05) is 48.6 Å². The van der Waals surface area contributed by atoms with E-state index in [0.717, 1.165) is 12.0 Å². The van der Waals surface area contributed by atoms with Crippen molar-refractivity contribution >= 4 is 12.2 Å². The average Bonchev–Trinajstić information content (AvgIpc) is 2.65. The first-order valence-corrected chi connectivity index (χ1v) is 5.91. The quantitative estimate of drug-likeness (QED) is 0.756. The summed E-state index contributed by atoms with van der Waals surface area (Å²) >= 11 is 0. The largest absolute Gasteiger partial charge is 0.456 e. The number of benzene rings is 1. The second-order valence-corrected chi connectivity index (χ2v) is 4.15. The monoisotopic (exact) mass is 236 g/mol. The predicted octanol–water partition coefficient (Wildman–Crippen LogP) is 1.83. The fourth-order valence-electron chi connectivity index (χ4n) is 2.00. The summed E-state index contributed by atoms with van der Waals surface area (Å²) in [5.74, 6) is 0.617. The molecular formula is C16H12O2. The molecule has 0 spiro atoms. The Morgan fingerprint density at radius 2 is 1.94 bits per heavy atom. The minimum Gasteiger partial charge on any atom is -0.456 e. The van der Waals surface area contributed by atoms with Gasteiger partial charge in [0.1, 0.15) is 11.2 Å². The Labute approximate surface area is 104 Å². The van der Waals surface area contributed by atoms with E-state index in [1.165, 1.54) is 0 Å². The van der Waals surface area contributed by atoms with E-state index in [0.29, 0.717) is 16.4 Å². The van der Waals surface area contributed by atoms with E-state index >= 15 is 0 Å². The van der Waals surface area contributed by atoms with Crippen LogP contribution >= 0.6 is 0 Å². The Bertz CT molecular complexity index is 765. The third-order valence-electron chi connectivity index (χ3n) is 2.91. The lowest BCUT2D eigenvalue weighted by Crippen LogP contribution is -2.37. The average molecular weight is 236 g/mol. The van der Waals surface area contributed by atoms with Crippen LogP contribution in [0.4, 0.5) is 0 Å². The van der Waals surface area contributed by atoms with Gasteiger partial charge in [-0.2, -0.15) is 0 Å². The van der Waals surface area contributed by atoms with Crippen LogP contribution in [0.15, 0.2) is 57.8 Å². The molecule has 2 aromatic rings. The number of hydrogen-bond donors (Lipinski definition) is 0. The molecule has 2 nitrogen and oxygen atoms in total. The van der Waals surface area contributed by atoms with E-state index in [9.17, 15) is 4.79 Å². The first-order chi connectivity index (χ1) is 8.84. The maximum Gasteiger partial charge on any atom is 0.193 e. The van der Waals surface area contributed by atoms with E-state index in [2.05, 4.69) is 0 Å². The molecule has 0 aliphatic heterocycles. The highest BCUT2D eigenvalue weighted by Crippen LogP contribution is 2.14. The van der Waals surface area contributed by atoms with Crippen LogP contribution in [0, 0.1) is 0 Å². The molecule has 0 saturated carbocycles. The van der Waals surface area contributed by atoms with Crippen molar-refractivity contribution in [3.63, 3.8) is 0 Å². The molecule has 88 valence electrons. The maximum absolute atomic E-state index is 12.1. The van der Waals surface area contributed by atoms with Crippen molar-refractivity contribution in [3.05, 3.63) is 69.4 Å². The molecule has 0 fully saturated rings. The van der Waals surface area contributed by atoms with Crippen molar-refractivity contribution in [1.29, 1.82) is 0 Å². The fourth-order valence-corrected chi connectivity index (χ4v) is 2.00. The highest BCUT2D eigenvalue weighted by molar-refractivity contribution is 5.57. The summed E-state index contributed by atoms with van der Waals surface area (Å²) in [5, 5.41) is 0.628. The molecule has 1 aromatic carbocycles. The standard InChI is InChI=1S/C16H12O2/c17-14-11-16(12-7-3-1-4-8-12)18-15-10-6-2-5-9-13(14)15/h1-5,7-11H,6H2. The smallest absolute Gasteiger partial charge is 0.193 e. The molecule has 18 heavy (non-hydrogen) atoms. The van der Waals surface area contributed by atoms with Crippen LogP contribution in [-0.4, -0.2) is 0 Å². The van der Waals surface area contributed by atoms with Gasteiger partial charge in [-0.25, -0.2) is 0 Å². The zero-order valence-corrected chi connectivity index (χ0v) is 9.80. The van der Waals surface area contributed by atoms with Gasteiger partial charge in [-0.3, -0.25) is 4.79 Å². The molecule has 0 atom stereocenters. The molecule has 1 aromatic heterocycles. The zero-order chi connectivity index (χ0) is 12.4. The predicted molar refractivity (Wildman–Crippen MR) is 72.4 cm³/mol. The van der Waals surface area contributed by atoms with Crippen LogP contribution in [0.1, 0.15) is 6.42 Å². The lowest BCUT2D eigenvalue weighted by molar-refractivity contribution is 0.522. The summed E-state index contributed by atoms with van der Waals surface area (Å²) in [4.78, 5) is 12.1. The number of hydrogen-bond acceptors (Lipinski definition) is 2. The maximum atomic E-state index is 12.1. The molecule has 0 saturated heterocycles. The van der Waals surface area contributed by atoms with Gasteiger partial charge in [-0.05, 0) is 18.6 Å². The normalized spacial score (nSPS) is 13.1. The lowest BCUT2D eigenvalue weighted by Gasteiger charge is -2.00. The van der Waals surface area contributed by atoms with Gasteiger partial charge in [0.15, 0.2) is 5.43 Å². The Kier molecular flexibility index (Phi) is 2.69. The van der Waals surface area contributed by atoms with Crippen LogP contribution in [0.2, 0.25) is 0 Å². The molecule has 1 aliphatic carbocycles. The SMILES string of the molecule is O=c1cc(-c2ccccc2)oc2c1=CC=CCC=2. The number of allylic oxidation sites excluding steroid dienone is 2. The van der Waals surface area contributed by atoms with Gasteiger partial charge in [0.2, 0.25) is 0 Å². The van der Waals surface area contributed by atoms with Crippen molar-refractivity contribution in [3.8, 4) is 11.3 Å². The van der Waals surface area contributed by atoms with Gasteiger partial charge in [0.05, 0.1) is 5.22 Å². The molecular weight excluding hydrogens is 224 g/mol. The third kappa shape index (κ3) is 1.93. The fraction of sp³-hybridized carbons (Fsp3) is 0.0625. The molecule has 0 radical (unpaired) electrons. The molecule has 0 amide bonds. The minimum absolute atomic E-state index is 0.00194. The van der Waals surface area contributed by atoms with Crippen molar-refractivity contribution in [2.75, 3.05) is 0 Å². The summed E-state index contributed by atoms with van der Waals surface area (Å²) in [6.07, 6.45) is 8.41. The molecule has 0 bridgehead atoms. The Balaban J connectivity index is 2.30. The first kappa shape index (κ1) is 10.8. The van der Waals surface area contributed by atoms with Gasteiger partial charge in [-0.15, -0.1) is 0 Å². The van der Waals surface area contributed by atoms with Crippen molar-refractivity contribution in [2.45, 2.75) is 6.42 Å². The van der Waals surface area contributed by atoms with Crippen LogP contribution in [0.3, 0.4) is 0 Å². The minimum atomic E-state index is -0.00194. The van der Waals surface area contributed by atoms with E-state index in [-0.39, 0.29) is 5.43 Å². The van der Waals surface area contributed by atoms with Gasteiger partial charge in [0, 0.05) is 11.6 Å². The molecule has 0 unspecified atom stereocenters. The molecule has 0 N–H and O–H groups in total. The third-order valence-corrected chi connectivity index (χ3v) is 2.91. The van der Waals surface area contributed by atoms with E-state index in [1.54, 1.807) is 12.1 Å². The lowest BCUT2D eigenvalue weighted by atomic mass is 10.1. The van der Waals surface area contributed by atoms with Crippen LogP contribution in [-0.2, 0) is 0 Å². The van der Waals surface area contributed by atoms with Crippen molar-refractivity contribution in [2.24, 2.45) is 0 Å². The van der Waals surface area contributed by atoms with E-state index < -0.39 is 0 Å². The summed E-state index contributed by atoms with van der Waals surface area (Å²) < 4.78 is 5.82. The van der Waals surface area contributed by atoms with E-state index in [4.69, 9.17) is 4.42 Å². The number of fused-ring (bicyclic) bond motifs is 1. The number of rotatable bonds is 1. The summed E-state index contributed by atoms with van der Waals surface area (Å²) in [6.45, 7) is 0. The first-order valence-electron chi connectivity index (χ1n) is 5.91. The van der Waals surface area contributed by atoms with Crippen molar-refractivity contribution < 1.29 is 4.42 Å².